The quantitative estimate of drug-likeness (QED) is 0.693. The first-order chi connectivity index (χ1) is 11.5. The van der Waals surface area contributed by atoms with Gasteiger partial charge in [0.05, 0.1) is 42.4 Å². The van der Waals surface area contributed by atoms with Crippen molar-refractivity contribution in [1.29, 1.82) is 0 Å². The molecule has 0 saturated carbocycles. The third-order valence-electron chi connectivity index (χ3n) is 4.12. The maximum absolute atomic E-state index is 5.68. The number of nitrogens with zero attached hydrogens (tertiary/aromatic N) is 1. The average molecular weight is 327 g/mol. The maximum Gasteiger partial charge on any atom is 0.230 e. The molecule has 0 bridgehead atoms. The second-order valence-electron chi connectivity index (χ2n) is 6.00. The van der Waals surface area contributed by atoms with Gasteiger partial charge in [0, 0.05) is 12.7 Å². The minimum atomic E-state index is -0.395. The molecule has 0 unspecified atom stereocenters. The lowest BCUT2D eigenvalue weighted by molar-refractivity contribution is 0.0663. The first kappa shape index (κ1) is 16.3. The zero-order valence-electron chi connectivity index (χ0n) is 14.5. The number of methoxy groups -OCH3 is 3. The van der Waals surface area contributed by atoms with Crippen molar-refractivity contribution >= 4 is 28.1 Å². The molecular formula is C19H21NO4. The maximum atomic E-state index is 5.68. The van der Waals surface area contributed by atoms with E-state index in [0.717, 1.165) is 33.4 Å². The number of rotatable bonds is 5. The van der Waals surface area contributed by atoms with Crippen LogP contribution < -0.4 is 9.47 Å². The second-order valence-corrected chi connectivity index (χ2v) is 6.00. The fourth-order valence-corrected chi connectivity index (χ4v) is 2.63. The molecule has 5 heteroatoms. The van der Waals surface area contributed by atoms with E-state index in [0.29, 0.717) is 5.71 Å². The van der Waals surface area contributed by atoms with Crippen LogP contribution in [0.4, 0.5) is 0 Å². The van der Waals surface area contributed by atoms with Gasteiger partial charge in [-0.15, -0.1) is 0 Å². The third kappa shape index (κ3) is 2.71. The Morgan fingerprint density at radius 3 is 2.54 bits per heavy atom. The molecule has 0 saturated heterocycles. The first-order valence-corrected chi connectivity index (χ1v) is 7.67. The summed E-state index contributed by atoms with van der Waals surface area (Å²) in [6.07, 6.45) is 5.59. The Morgan fingerprint density at radius 1 is 1.08 bits per heavy atom. The minimum absolute atomic E-state index is 0.395. The van der Waals surface area contributed by atoms with Crippen LogP contribution in [0.15, 0.2) is 35.0 Å². The van der Waals surface area contributed by atoms with Crippen LogP contribution in [0.1, 0.15) is 19.4 Å². The predicted octanol–water partition coefficient (Wildman–Crippen LogP) is 4.44. The van der Waals surface area contributed by atoms with Gasteiger partial charge < -0.3 is 18.6 Å². The zero-order valence-corrected chi connectivity index (χ0v) is 14.5. The molecule has 2 aromatic heterocycles. The van der Waals surface area contributed by atoms with Crippen molar-refractivity contribution < 1.29 is 18.6 Å². The van der Waals surface area contributed by atoms with E-state index in [1.165, 1.54) is 0 Å². The summed E-state index contributed by atoms with van der Waals surface area (Å²) < 4.78 is 22.1. The van der Waals surface area contributed by atoms with Crippen molar-refractivity contribution in [3.63, 3.8) is 0 Å². The summed E-state index contributed by atoms with van der Waals surface area (Å²) in [6.45, 7) is 3.98. The molecule has 5 nitrogen and oxygen atoms in total. The Kier molecular flexibility index (Phi) is 4.20. The molecule has 0 amide bonds. The lowest BCUT2D eigenvalue weighted by Crippen LogP contribution is -2.18. The smallest absolute Gasteiger partial charge is 0.230 e. The first-order valence-electron chi connectivity index (χ1n) is 7.67. The van der Waals surface area contributed by atoms with Crippen LogP contribution in [-0.2, 0) is 4.74 Å². The van der Waals surface area contributed by atoms with Crippen LogP contribution in [0.5, 0.6) is 11.5 Å². The average Bonchev–Trinajstić information content (AvgIpc) is 3.05. The van der Waals surface area contributed by atoms with E-state index in [1.807, 2.05) is 44.2 Å². The topological polar surface area (TPSA) is 53.7 Å². The van der Waals surface area contributed by atoms with E-state index in [9.17, 15) is 0 Å². The van der Waals surface area contributed by atoms with E-state index in [-0.39, 0.29) is 0 Å². The van der Waals surface area contributed by atoms with E-state index >= 15 is 0 Å². The van der Waals surface area contributed by atoms with Gasteiger partial charge in [0.2, 0.25) is 5.71 Å². The fraction of sp³-hybridized carbons (Fsp3) is 0.316. The van der Waals surface area contributed by atoms with Crippen LogP contribution in [0.25, 0.3) is 28.1 Å². The van der Waals surface area contributed by atoms with Crippen molar-refractivity contribution in [3.05, 3.63) is 36.1 Å². The summed E-state index contributed by atoms with van der Waals surface area (Å²) in [7, 11) is 4.98. The van der Waals surface area contributed by atoms with Crippen molar-refractivity contribution in [2.75, 3.05) is 21.3 Å². The van der Waals surface area contributed by atoms with Gasteiger partial charge in [-0.2, -0.15) is 0 Å². The summed E-state index contributed by atoms with van der Waals surface area (Å²) in [5.74, 6) is 1.46. The van der Waals surface area contributed by atoms with E-state index < -0.39 is 5.60 Å². The number of hydrogen-bond acceptors (Lipinski definition) is 5. The highest BCUT2D eigenvalue weighted by molar-refractivity contribution is 6.04. The lowest BCUT2D eigenvalue weighted by atomic mass is 10.0. The number of hydrogen-bond donors (Lipinski definition) is 0. The van der Waals surface area contributed by atoms with Gasteiger partial charge in [-0.25, -0.2) is 4.98 Å². The molecule has 0 aliphatic rings. The number of fused-ring (bicyclic) bond motifs is 2. The molecule has 24 heavy (non-hydrogen) atoms. The number of furan rings is 1. The Balaban J connectivity index is 2.36. The predicted molar refractivity (Wildman–Crippen MR) is 94.7 cm³/mol. The van der Waals surface area contributed by atoms with Crippen LogP contribution >= 0.6 is 0 Å². The van der Waals surface area contributed by atoms with Crippen molar-refractivity contribution in [1.82, 2.24) is 4.98 Å². The zero-order chi connectivity index (χ0) is 17.3. The highest BCUT2D eigenvalue weighted by atomic mass is 16.5. The van der Waals surface area contributed by atoms with Crippen LogP contribution in [0.2, 0.25) is 0 Å². The molecule has 2 heterocycles. The van der Waals surface area contributed by atoms with Gasteiger partial charge in [-0.1, -0.05) is 12.2 Å². The Morgan fingerprint density at radius 2 is 1.88 bits per heavy atom. The van der Waals surface area contributed by atoms with E-state index in [4.69, 9.17) is 18.6 Å². The molecule has 0 atom stereocenters. The fourth-order valence-electron chi connectivity index (χ4n) is 2.63. The standard InChI is InChI=1S/C19H21NO4/c1-19(2,23-5)10-8-12-15(21-3)7-6-14-16(12)17(22-4)13-9-11-24-18(13)20-14/h6-11H,1-5H3. The summed E-state index contributed by atoms with van der Waals surface area (Å²) in [4.78, 5) is 4.58. The molecular weight excluding hydrogens is 306 g/mol. The Hall–Kier alpha value is -2.53. The summed E-state index contributed by atoms with van der Waals surface area (Å²) in [5.41, 5.74) is 1.84. The molecule has 3 rings (SSSR count). The molecule has 0 spiro atoms. The highest BCUT2D eigenvalue weighted by Gasteiger charge is 2.18. The lowest BCUT2D eigenvalue weighted by Gasteiger charge is -2.18. The van der Waals surface area contributed by atoms with Crippen LogP contribution in [-0.4, -0.2) is 31.9 Å². The van der Waals surface area contributed by atoms with Crippen molar-refractivity contribution in [3.8, 4) is 11.5 Å². The van der Waals surface area contributed by atoms with Gasteiger partial charge >= 0.3 is 0 Å². The van der Waals surface area contributed by atoms with Crippen LogP contribution in [0.3, 0.4) is 0 Å². The molecule has 0 radical (unpaired) electrons. The summed E-state index contributed by atoms with van der Waals surface area (Å²) in [5, 5.41) is 1.72. The van der Waals surface area contributed by atoms with Gasteiger partial charge in [-0.3, -0.25) is 0 Å². The number of benzene rings is 1. The number of ether oxygens (including phenoxy) is 3. The Labute approximate surface area is 140 Å². The summed E-state index contributed by atoms with van der Waals surface area (Å²) in [6, 6.07) is 5.65. The summed E-state index contributed by atoms with van der Waals surface area (Å²) >= 11 is 0. The Bertz CT molecular complexity index is 909. The molecule has 0 aliphatic carbocycles. The van der Waals surface area contributed by atoms with Gasteiger partial charge in [0.15, 0.2) is 0 Å². The highest BCUT2D eigenvalue weighted by Crippen LogP contribution is 2.39. The number of pyridine rings is 1. The van der Waals surface area contributed by atoms with E-state index in [1.54, 1.807) is 27.6 Å². The molecule has 126 valence electrons. The van der Waals surface area contributed by atoms with Crippen molar-refractivity contribution in [2.45, 2.75) is 19.4 Å². The van der Waals surface area contributed by atoms with Gasteiger partial charge in [0.1, 0.15) is 11.5 Å². The van der Waals surface area contributed by atoms with Gasteiger partial charge in [0.25, 0.3) is 0 Å². The van der Waals surface area contributed by atoms with E-state index in [2.05, 4.69) is 4.98 Å². The van der Waals surface area contributed by atoms with Crippen LogP contribution in [0, 0.1) is 0 Å². The monoisotopic (exact) mass is 327 g/mol. The largest absolute Gasteiger partial charge is 0.496 e. The molecule has 0 aliphatic heterocycles. The molecule has 3 aromatic rings. The molecule has 0 fully saturated rings. The van der Waals surface area contributed by atoms with Gasteiger partial charge in [-0.05, 0) is 32.0 Å². The second kappa shape index (κ2) is 6.17. The SMILES string of the molecule is COc1ccc2nc3occc3c(OC)c2c1C=CC(C)(C)OC. The number of aromatic nitrogens is 1. The third-order valence-corrected chi connectivity index (χ3v) is 4.12. The normalized spacial score (nSPS) is 12.4. The molecule has 1 aromatic carbocycles. The minimum Gasteiger partial charge on any atom is -0.496 e. The van der Waals surface area contributed by atoms with Crippen molar-refractivity contribution in [2.24, 2.45) is 0 Å². The molecule has 0 N–H and O–H groups in total.